The molecule has 0 N–H and O–H groups in total. The second kappa shape index (κ2) is 5.80. The third-order valence-electron chi connectivity index (χ3n) is 1.99. The molecule has 0 aliphatic rings. The molecule has 1 rings (SSSR count). The maximum absolute atomic E-state index is 11.7. The number of methoxy groups -OCH3 is 2. The van der Waals surface area contributed by atoms with E-state index in [9.17, 15) is 9.59 Å². The van der Waals surface area contributed by atoms with E-state index >= 15 is 0 Å². The Balaban J connectivity index is 2.90. The number of aliphatic imine (C=N–C) groups is 1. The Morgan fingerprint density at radius 2 is 1.94 bits per heavy atom. The largest absolute Gasteiger partial charge is 0.497 e. The molecule has 5 heteroatoms. The highest BCUT2D eigenvalue weighted by atomic mass is 16.5. The van der Waals surface area contributed by atoms with E-state index in [0.29, 0.717) is 11.3 Å². The fourth-order valence-corrected chi connectivity index (χ4v) is 1.16. The van der Waals surface area contributed by atoms with Gasteiger partial charge >= 0.3 is 0 Å². The summed E-state index contributed by atoms with van der Waals surface area (Å²) in [6.07, 6.45) is 0.163. The van der Waals surface area contributed by atoms with Gasteiger partial charge < -0.3 is 9.47 Å². The van der Waals surface area contributed by atoms with Gasteiger partial charge in [-0.15, -0.1) is 0 Å². The van der Waals surface area contributed by atoms with E-state index < -0.39 is 12.0 Å². The lowest BCUT2D eigenvalue weighted by Crippen LogP contribution is -2.20. The van der Waals surface area contributed by atoms with Gasteiger partial charge in [-0.05, 0) is 24.3 Å². The molecule has 0 heterocycles. The standard InChI is InChI=1S/C11H11NO4/c1-15-9-5-3-8(4-6-9)10(14)11(16-2)12-7-13/h3-6,11H,1-2H3. The Morgan fingerprint density at radius 3 is 2.38 bits per heavy atom. The monoisotopic (exact) mass is 221 g/mol. The molecule has 1 aromatic rings. The molecule has 0 saturated heterocycles. The quantitative estimate of drug-likeness (QED) is 0.425. The second-order valence-electron chi connectivity index (χ2n) is 2.90. The number of carbonyl (C=O) groups excluding carboxylic acids is 2. The number of isocyanates is 1. The molecule has 1 unspecified atom stereocenters. The lowest BCUT2D eigenvalue weighted by molar-refractivity contribution is 0.0630. The van der Waals surface area contributed by atoms with Gasteiger partial charge in [0.15, 0.2) is 0 Å². The molecule has 0 amide bonds. The van der Waals surface area contributed by atoms with Crippen LogP contribution >= 0.6 is 0 Å². The van der Waals surface area contributed by atoms with E-state index in [1.54, 1.807) is 24.3 Å². The topological polar surface area (TPSA) is 65.0 Å². The van der Waals surface area contributed by atoms with E-state index in [0.717, 1.165) is 0 Å². The first-order chi connectivity index (χ1) is 7.72. The highest BCUT2D eigenvalue weighted by Crippen LogP contribution is 2.13. The van der Waals surface area contributed by atoms with Crippen LogP contribution in [-0.2, 0) is 9.53 Å². The van der Waals surface area contributed by atoms with Gasteiger partial charge in [-0.3, -0.25) is 4.79 Å². The first-order valence-electron chi connectivity index (χ1n) is 4.51. The van der Waals surface area contributed by atoms with E-state index in [1.165, 1.54) is 20.3 Å². The Kier molecular flexibility index (Phi) is 4.39. The highest BCUT2D eigenvalue weighted by molar-refractivity contribution is 5.99. The van der Waals surface area contributed by atoms with Crippen molar-refractivity contribution >= 4 is 11.9 Å². The second-order valence-corrected chi connectivity index (χ2v) is 2.90. The van der Waals surface area contributed by atoms with Crippen LogP contribution in [0.2, 0.25) is 0 Å². The zero-order chi connectivity index (χ0) is 12.0. The van der Waals surface area contributed by atoms with Crippen LogP contribution in [0.15, 0.2) is 29.3 Å². The van der Waals surface area contributed by atoms with Crippen LogP contribution in [0.4, 0.5) is 0 Å². The maximum Gasteiger partial charge on any atom is 0.238 e. The van der Waals surface area contributed by atoms with Crippen molar-refractivity contribution in [3.8, 4) is 5.75 Å². The van der Waals surface area contributed by atoms with Gasteiger partial charge in [0.25, 0.3) is 0 Å². The average Bonchev–Trinajstić information content (AvgIpc) is 2.35. The molecule has 1 atom stereocenters. The van der Waals surface area contributed by atoms with Crippen molar-refractivity contribution in [2.24, 2.45) is 4.99 Å². The Morgan fingerprint density at radius 1 is 1.31 bits per heavy atom. The van der Waals surface area contributed by atoms with Crippen molar-refractivity contribution in [1.82, 2.24) is 0 Å². The van der Waals surface area contributed by atoms with Crippen LogP contribution in [-0.4, -0.2) is 32.3 Å². The molecular weight excluding hydrogens is 210 g/mol. The van der Waals surface area contributed by atoms with Crippen molar-refractivity contribution < 1.29 is 19.1 Å². The minimum absolute atomic E-state index is 0.395. The minimum atomic E-state index is -1.13. The van der Waals surface area contributed by atoms with Crippen molar-refractivity contribution in [2.45, 2.75) is 6.23 Å². The van der Waals surface area contributed by atoms with Crippen molar-refractivity contribution in [3.05, 3.63) is 29.8 Å². The van der Waals surface area contributed by atoms with Crippen molar-refractivity contribution in [3.63, 3.8) is 0 Å². The summed E-state index contributed by atoms with van der Waals surface area (Å²) in [4.78, 5) is 25.0. The van der Waals surface area contributed by atoms with Crippen molar-refractivity contribution in [1.29, 1.82) is 0 Å². The van der Waals surface area contributed by atoms with Crippen LogP contribution in [0.1, 0.15) is 10.4 Å². The summed E-state index contributed by atoms with van der Waals surface area (Å²) in [5, 5.41) is 0. The first kappa shape index (κ1) is 12.1. The summed E-state index contributed by atoms with van der Waals surface area (Å²) in [7, 11) is 2.83. The Hall–Kier alpha value is -1.97. The van der Waals surface area contributed by atoms with Crippen LogP contribution in [0.25, 0.3) is 0 Å². The number of ketones is 1. The molecule has 0 radical (unpaired) electrons. The number of nitrogens with zero attached hydrogens (tertiary/aromatic N) is 1. The molecule has 1 aromatic carbocycles. The SMILES string of the molecule is COc1ccc(C(=O)C(N=C=O)OC)cc1. The van der Waals surface area contributed by atoms with Gasteiger partial charge in [0, 0.05) is 12.7 Å². The smallest absolute Gasteiger partial charge is 0.238 e. The molecule has 5 nitrogen and oxygen atoms in total. The molecule has 84 valence electrons. The van der Waals surface area contributed by atoms with Crippen LogP contribution in [0, 0.1) is 0 Å². The third kappa shape index (κ3) is 2.76. The summed E-state index contributed by atoms with van der Waals surface area (Å²) in [5.41, 5.74) is 0.395. The van der Waals surface area contributed by atoms with Crippen LogP contribution < -0.4 is 4.74 Å². The molecule has 0 saturated carbocycles. The van der Waals surface area contributed by atoms with Gasteiger partial charge in [-0.25, -0.2) is 4.79 Å². The van der Waals surface area contributed by atoms with Crippen LogP contribution in [0.3, 0.4) is 0 Å². The number of benzene rings is 1. The maximum atomic E-state index is 11.7. The predicted molar refractivity (Wildman–Crippen MR) is 56.2 cm³/mol. The molecule has 0 bridgehead atoms. The fourth-order valence-electron chi connectivity index (χ4n) is 1.16. The molecule has 0 aliphatic carbocycles. The van der Waals surface area contributed by atoms with E-state index in [2.05, 4.69) is 4.99 Å². The van der Waals surface area contributed by atoms with E-state index in [1.807, 2.05) is 0 Å². The molecule has 0 spiro atoms. The van der Waals surface area contributed by atoms with Crippen LogP contribution in [0.5, 0.6) is 5.75 Å². The third-order valence-corrected chi connectivity index (χ3v) is 1.99. The number of Topliss-reactive ketones (excluding diaryl/α,β-unsaturated/α-hetero) is 1. The predicted octanol–water partition coefficient (Wildman–Crippen LogP) is 1.19. The van der Waals surface area contributed by atoms with Gasteiger partial charge in [0.1, 0.15) is 5.75 Å². The zero-order valence-corrected chi connectivity index (χ0v) is 8.97. The number of hydrogen-bond acceptors (Lipinski definition) is 5. The normalized spacial score (nSPS) is 11.4. The Labute approximate surface area is 92.7 Å². The summed E-state index contributed by atoms with van der Waals surface area (Å²) >= 11 is 0. The summed E-state index contributed by atoms with van der Waals surface area (Å²) in [6.45, 7) is 0. The molecule has 0 aliphatic heterocycles. The minimum Gasteiger partial charge on any atom is -0.497 e. The van der Waals surface area contributed by atoms with E-state index in [-0.39, 0.29) is 0 Å². The number of hydrogen-bond donors (Lipinski definition) is 0. The zero-order valence-electron chi connectivity index (χ0n) is 8.97. The summed E-state index contributed by atoms with van der Waals surface area (Å²) in [6, 6.07) is 6.44. The molecule has 16 heavy (non-hydrogen) atoms. The van der Waals surface area contributed by atoms with Gasteiger partial charge in [-0.2, -0.15) is 4.99 Å². The molecule has 0 aromatic heterocycles. The highest BCUT2D eigenvalue weighted by Gasteiger charge is 2.18. The lowest BCUT2D eigenvalue weighted by atomic mass is 10.1. The molecule has 0 fully saturated rings. The first-order valence-corrected chi connectivity index (χ1v) is 4.51. The van der Waals surface area contributed by atoms with Gasteiger partial charge in [-0.1, -0.05) is 0 Å². The lowest BCUT2D eigenvalue weighted by Gasteiger charge is -2.07. The summed E-state index contributed by atoms with van der Waals surface area (Å²) < 4.78 is 9.71. The van der Waals surface area contributed by atoms with Gasteiger partial charge in [0.2, 0.25) is 18.1 Å². The number of ether oxygens (including phenoxy) is 2. The van der Waals surface area contributed by atoms with E-state index in [4.69, 9.17) is 9.47 Å². The summed E-state index contributed by atoms with van der Waals surface area (Å²) in [5.74, 6) is 0.248. The Bertz CT molecular complexity index is 406. The number of rotatable bonds is 5. The molecular formula is C11H11NO4. The van der Waals surface area contributed by atoms with Gasteiger partial charge in [0.05, 0.1) is 7.11 Å². The van der Waals surface area contributed by atoms with Crippen molar-refractivity contribution in [2.75, 3.05) is 14.2 Å². The number of carbonyl (C=O) groups is 1. The fraction of sp³-hybridized carbons (Fsp3) is 0.273. The average molecular weight is 221 g/mol.